The number of carbonyl (C=O) groups is 1. The number of carboxylic acids is 1. The molecule has 0 bridgehead atoms. The van der Waals surface area contributed by atoms with Crippen molar-refractivity contribution in [3.63, 3.8) is 0 Å². The molecular weight excluding hydrogens is 260 g/mol. The molecule has 1 heterocycles. The van der Waals surface area contributed by atoms with E-state index >= 15 is 0 Å². The zero-order valence-electron chi connectivity index (χ0n) is 10.3. The molecule has 0 aliphatic carbocycles. The van der Waals surface area contributed by atoms with Crippen LogP contribution >= 0.6 is 11.8 Å². The third-order valence-corrected chi connectivity index (χ3v) is 3.49. The van der Waals surface area contributed by atoms with Gasteiger partial charge in [-0.1, -0.05) is 24.3 Å². The Morgan fingerprint density at radius 2 is 2.16 bits per heavy atom. The fourth-order valence-electron chi connectivity index (χ4n) is 1.62. The molecule has 2 rings (SSSR count). The summed E-state index contributed by atoms with van der Waals surface area (Å²) in [5, 5.41) is 8.59. The first-order valence-electron chi connectivity index (χ1n) is 5.84. The zero-order valence-corrected chi connectivity index (χ0v) is 11.1. The van der Waals surface area contributed by atoms with Crippen LogP contribution in [0.5, 0.6) is 0 Å². The molecule has 4 heteroatoms. The van der Waals surface area contributed by atoms with Crippen molar-refractivity contribution in [2.24, 2.45) is 0 Å². The van der Waals surface area contributed by atoms with Gasteiger partial charge in [0.05, 0.1) is 12.0 Å². The Kier molecular flexibility index (Phi) is 4.86. The van der Waals surface area contributed by atoms with E-state index in [9.17, 15) is 4.79 Å². The summed E-state index contributed by atoms with van der Waals surface area (Å²) in [6, 6.07) is 11.7. The largest absolute Gasteiger partial charge is 0.478 e. The molecule has 0 saturated heterocycles. The lowest BCUT2D eigenvalue weighted by Gasteiger charge is -2.02. The monoisotopic (exact) mass is 274 g/mol. The van der Waals surface area contributed by atoms with Gasteiger partial charge in [-0.2, -0.15) is 0 Å². The van der Waals surface area contributed by atoms with Crippen LogP contribution in [-0.2, 0) is 16.3 Å². The number of aliphatic carboxylic acids is 1. The molecule has 1 aromatic heterocycles. The number of thioether (sulfide) groups is 1. The topological polar surface area (TPSA) is 50.4 Å². The smallest absolute Gasteiger partial charge is 0.328 e. The molecule has 0 amide bonds. The zero-order chi connectivity index (χ0) is 13.5. The van der Waals surface area contributed by atoms with Crippen molar-refractivity contribution in [3.05, 3.63) is 65.6 Å². The van der Waals surface area contributed by atoms with Crippen molar-refractivity contribution < 1.29 is 14.3 Å². The highest BCUT2D eigenvalue weighted by atomic mass is 32.2. The van der Waals surface area contributed by atoms with Crippen LogP contribution in [0.4, 0.5) is 0 Å². The highest BCUT2D eigenvalue weighted by Crippen LogP contribution is 2.19. The number of rotatable bonds is 6. The molecule has 0 saturated carbocycles. The minimum atomic E-state index is -0.933. The molecule has 0 spiro atoms. The Morgan fingerprint density at radius 3 is 2.89 bits per heavy atom. The van der Waals surface area contributed by atoms with Gasteiger partial charge in [-0.25, -0.2) is 4.79 Å². The summed E-state index contributed by atoms with van der Waals surface area (Å²) in [6.45, 7) is 0. The van der Waals surface area contributed by atoms with Gasteiger partial charge < -0.3 is 9.52 Å². The van der Waals surface area contributed by atoms with E-state index in [2.05, 4.69) is 0 Å². The number of hydrogen-bond donors (Lipinski definition) is 1. The average Bonchev–Trinajstić information content (AvgIpc) is 2.90. The van der Waals surface area contributed by atoms with Crippen LogP contribution in [0.15, 0.2) is 53.2 Å². The van der Waals surface area contributed by atoms with Crippen LogP contribution in [0, 0.1) is 0 Å². The maximum Gasteiger partial charge on any atom is 0.328 e. The van der Waals surface area contributed by atoms with E-state index in [1.54, 1.807) is 24.1 Å². The molecule has 0 aliphatic heterocycles. The molecule has 0 fully saturated rings. The van der Waals surface area contributed by atoms with Gasteiger partial charge in [-0.15, -0.1) is 11.8 Å². The van der Waals surface area contributed by atoms with Crippen LogP contribution in [0.3, 0.4) is 0 Å². The maximum absolute atomic E-state index is 10.5. The van der Waals surface area contributed by atoms with Crippen molar-refractivity contribution in [2.45, 2.75) is 11.5 Å². The van der Waals surface area contributed by atoms with E-state index < -0.39 is 5.97 Å². The number of hydrogen-bond acceptors (Lipinski definition) is 3. The van der Waals surface area contributed by atoms with E-state index in [0.717, 1.165) is 28.9 Å². The quantitative estimate of drug-likeness (QED) is 0.814. The first kappa shape index (κ1) is 13.5. The SMILES string of the molecule is O=C(O)C=Cc1cccc(CSCc2ccco2)c1. The van der Waals surface area contributed by atoms with Gasteiger partial charge >= 0.3 is 5.97 Å². The van der Waals surface area contributed by atoms with E-state index in [1.165, 1.54) is 5.56 Å². The number of carboxylic acid groups (broad SMARTS) is 1. The minimum Gasteiger partial charge on any atom is -0.478 e. The average molecular weight is 274 g/mol. The molecule has 0 unspecified atom stereocenters. The summed E-state index contributed by atoms with van der Waals surface area (Å²) < 4.78 is 5.26. The first-order valence-corrected chi connectivity index (χ1v) is 6.99. The highest BCUT2D eigenvalue weighted by Gasteiger charge is 1.98. The van der Waals surface area contributed by atoms with Crippen molar-refractivity contribution in [1.29, 1.82) is 0 Å². The lowest BCUT2D eigenvalue weighted by atomic mass is 10.1. The predicted molar refractivity (Wildman–Crippen MR) is 76.8 cm³/mol. The van der Waals surface area contributed by atoms with Crippen molar-refractivity contribution in [2.75, 3.05) is 0 Å². The van der Waals surface area contributed by atoms with Crippen LogP contribution < -0.4 is 0 Å². The van der Waals surface area contributed by atoms with Crippen molar-refractivity contribution in [1.82, 2.24) is 0 Å². The molecule has 3 nitrogen and oxygen atoms in total. The molecule has 1 N–H and O–H groups in total. The standard InChI is InChI=1S/C15H14O3S/c16-15(17)7-6-12-3-1-4-13(9-12)10-19-11-14-5-2-8-18-14/h1-9H,10-11H2,(H,16,17). The maximum atomic E-state index is 10.5. The second-order valence-corrected chi connectivity index (χ2v) is 4.97. The molecule has 0 radical (unpaired) electrons. The number of benzene rings is 1. The van der Waals surface area contributed by atoms with Crippen LogP contribution in [0.2, 0.25) is 0 Å². The van der Waals surface area contributed by atoms with E-state index in [4.69, 9.17) is 9.52 Å². The van der Waals surface area contributed by atoms with Gasteiger partial charge in [0.1, 0.15) is 5.76 Å². The Balaban J connectivity index is 1.90. The third-order valence-electron chi connectivity index (χ3n) is 2.46. The first-order chi connectivity index (χ1) is 9.24. The Labute approximate surface area is 115 Å². The molecule has 0 aliphatic rings. The molecule has 2 aromatic rings. The van der Waals surface area contributed by atoms with E-state index in [1.807, 2.05) is 36.4 Å². The van der Waals surface area contributed by atoms with Gasteiger partial charge in [-0.05, 0) is 29.3 Å². The van der Waals surface area contributed by atoms with Crippen LogP contribution in [-0.4, -0.2) is 11.1 Å². The van der Waals surface area contributed by atoms with E-state index in [-0.39, 0.29) is 0 Å². The molecular formula is C15H14O3S. The summed E-state index contributed by atoms with van der Waals surface area (Å²) in [5.41, 5.74) is 2.07. The summed E-state index contributed by atoms with van der Waals surface area (Å²) in [5.74, 6) is 1.74. The summed E-state index contributed by atoms with van der Waals surface area (Å²) >= 11 is 1.76. The summed E-state index contributed by atoms with van der Waals surface area (Å²) in [7, 11) is 0. The van der Waals surface area contributed by atoms with Crippen LogP contribution in [0.1, 0.15) is 16.9 Å². The van der Waals surface area contributed by atoms with Gasteiger partial charge in [0.2, 0.25) is 0 Å². The lowest BCUT2D eigenvalue weighted by Crippen LogP contribution is -1.87. The van der Waals surface area contributed by atoms with E-state index in [0.29, 0.717) is 0 Å². The van der Waals surface area contributed by atoms with Crippen molar-refractivity contribution >= 4 is 23.8 Å². The molecule has 1 aromatic carbocycles. The Hall–Kier alpha value is -1.94. The van der Waals surface area contributed by atoms with Crippen LogP contribution in [0.25, 0.3) is 6.08 Å². The van der Waals surface area contributed by atoms with Gasteiger partial charge in [0.15, 0.2) is 0 Å². The predicted octanol–water partition coefficient (Wildman–Crippen LogP) is 3.81. The second kappa shape index (κ2) is 6.85. The normalized spacial score (nSPS) is 10.9. The fourth-order valence-corrected chi connectivity index (χ4v) is 2.50. The van der Waals surface area contributed by atoms with Crippen molar-refractivity contribution in [3.8, 4) is 0 Å². The van der Waals surface area contributed by atoms with Gasteiger partial charge in [0.25, 0.3) is 0 Å². The number of furan rings is 1. The minimum absolute atomic E-state index is 0.836. The molecule has 98 valence electrons. The molecule has 0 atom stereocenters. The second-order valence-electron chi connectivity index (χ2n) is 3.99. The fraction of sp³-hybridized carbons (Fsp3) is 0.133. The third kappa shape index (κ3) is 4.67. The Bertz CT molecular complexity index is 559. The van der Waals surface area contributed by atoms with Gasteiger partial charge in [0, 0.05) is 11.8 Å². The van der Waals surface area contributed by atoms with Gasteiger partial charge in [-0.3, -0.25) is 0 Å². The molecule has 19 heavy (non-hydrogen) atoms. The summed E-state index contributed by atoms with van der Waals surface area (Å²) in [6.07, 6.45) is 4.42. The lowest BCUT2D eigenvalue weighted by molar-refractivity contribution is -0.131. The Morgan fingerprint density at radius 1 is 1.26 bits per heavy atom. The highest BCUT2D eigenvalue weighted by molar-refractivity contribution is 7.97. The summed E-state index contributed by atoms with van der Waals surface area (Å²) in [4.78, 5) is 10.5.